The van der Waals surface area contributed by atoms with E-state index < -0.39 is 5.91 Å². The van der Waals surface area contributed by atoms with E-state index in [1.807, 2.05) is 24.3 Å². The molecular weight excluding hydrogens is 408 g/mol. The second kappa shape index (κ2) is 9.00. The van der Waals surface area contributed by atoms with E-state index in [9.17, 15) is 9.90 Å². The zero-order chi connectivity index (χ0) is 19.1. The largest absolute Gasteiger partial charge is 0.507 e. The normalized spacial score (nSPS) is 10.7. The minimum absolute atomic E-state index is 0.0910. The maximum atomic E-state index is 12.4. The molecule has 0 fully saturated rings. The van der Waals surface area contributed by atoms with Gasteiger partial charge in [0, 0.05) is 10.0 Å². The van der Waals surface area contributed by atoms with Crippen LogP contribution in [-0.4, -0.2) is 17.2 Å². The topological polar surface area (TPSA) is 70.9 Å². The third-order valence-corrected chi connectivity index (χ3v) is 4.21. The highest BCUT2D eigenvalue weighted by molar-refractivity contribution is 9.10. The van der Waals surface area contributed by atoms with Crippen molar-refractivity contribution in [2.45, 2.75) is 6.61 Å². The number of aromatic hydroxyl groups is 1. The molecule has 0 radical (unpaired) electrons. The number of amides is 1. The van der Waals surface area contributed by atoms with Gasteiger partial charge in [-0.3, -0.25) is 4.79 Å². The monoisotopic (exact) mass is 424 g/mol. The Morgan fingerprint density at radius 1 is 1.07 bits per heavy atom. The molecule has 0 aliphatic heterocycles. The lowest BCUT2D eigenvalue weighted by molar-refractivity contribution is 0.0950. The predicted molar refractivity (Wildman–Crippen MR) is 108 cm³/mol. The first kappa shape index (κ1) is 18.7. The van der Waals surface area contributed by atoms with Gasteiger partial charge in [-0.15, -0.1) is 0 Å². The molecule has 136 valence electrons. The number of para-hydroxylation sites is 2. The van der Waals surface area contributed by atoms with Crippen LogP contribution in [0.2, 0.25) is 0 Å². The number of hydrogen-bond donors (Lipinski definition) is 2. The van der Waals surface area contributed by atoms with Gasteiger partial charge in [0.25, 0.3) is 5.91 Å². The molecule has 3 rings (SSSR count). The average molecular weight is 425 g/mol. The second-order valence-corrected chi connectivity index (χ2v) is 6.59. The fourth-order valence-corrected chi connectivity index (χ4v) is 2.83. The Labute approximate surface area is 165 Å². The summed E-state index contributed by atoms with van der Waals surface area (Å²) in [6.45, 7) is 0.338. The van der Waals surface area contributed by atoms with Crippen molar-refractivity contribution >= 4 is 28.1 Å². The first-order valence-corrected chi connectivity index (χ1v) is 9.00. The van der Waals surface area contributed by atoms with Gasteiger partial charge >= 0.3 is 0 Å². The van der Waals surface area contributed by atoms with Crippen LogP contribution in [0.4, 0.5) is 0 Å². The average Bonchev–Trinajstić information content (AvgIpc) is 2.68. The Balaban J connectivity index is 1.67. The zero-order valence-electron chi connectivity index (χ0n) is 14.3. The van der Waals surface area contributed by atoms with E-state index in [1.165, 1.54) is 6.21 Å². The molecule has 0 unspecified atom stereocenters. The van der Waals surface area contributed by atoms with Crippen molar-refractivity contribution in [3.05, 3.63) is 94.0 Å². The van der Waals surface area contributed by atoms with Crippen LogP contribution in [0.5, 0.6) is 11.5 Å². The van der Waals surface area contributed by atoms with Gasteiger partial charge in [-0.05, 0) is 42.0 Å². The summed E-state index contributed by atoms with van der Waals surface area (Å²) < 4.78 is 6.78. The molecule has 5 nitrogen and oxygen atoms in total. The highest BCUT2D eigenvalue weighted by Crippen LogP contribution is 2.20. The Morgan fingerprint density at radius 2 is 1.85 bits per heavy atom. The quantitative estimate of drug-likeness (QED) is 0.452. The van der Waals surface area contributed by atoms with Crippen molar-refractivity contribution < 1.29 is 14.6 Å². The van der Waals surface area contributed by atoms with Gasteiger partial charge in [0.15, 0.2) is 0 Å². The number of hydrogen-bond acceptors (Lipinski definition) is 4. The van der Waals surface area contributed by atoms with Crippen LogP contribution in [0.1, 0.15) is 21.5 Å². The molecule has 3 aromatic rings. The summed E-state index contributed by atoms with van der Waals surface area (Å²) in [6, 6.07) is 21.5. The number of nitrogens with zero attached hydrogens (tertiary/aromatic N) is 1. The highest BCUT2D eigenvalue weighted by Gasteiger charge is 2.11. The van der Waals surface area contributed by atoms with Crippen LogP contribution in [0.25, 0.3) is 0 Å². The van der Waals surface area contributed by atoms with Crippen molar-refractivity contribution in [3.8, 4) is 11.5 Å². The number of carbonyl (C=O) groups is 1. The first-order valence-electron chi connectivity index (χ1n) is 8.21. The summed E-state index contributed by atoms with van der Waals surface area (Å²) in [4.78, 5) is 12.4. The fraction of sp³-hybridized carbons (Fsp3) is 0.0476. The second-order valence-electron chi connectivity index (χ2n) is 5.67. The molecule has 0 saturated heterocycles. The molecule has 27 heavy (non-hydrogen) atoms. The van der Waals surface area contributed by atoms with E-state index >= 15 is 0 Å². The van der Waals surface area contributed by atoms with E-state index in [1.54, 1.807) is 48.5 Å². The highest BCUT2D eigenvalue weighted by atomic mass is 79.9. The SMILES string of the molecule is O=C(N/N=C\c1ccccc1O)c1ccccc1OCc1cccc(Br)c1. The van der Waals surface area contributed by atoms with Crippen LogP contribution in [-0.2, 0) is 6.61 Å². The number of phenolic OH excluding ortho intramolecular Hbond substituents is 1. The Hall–Kier alpha value is -3.12. The van der Waals surface area contributed by atoms with Crippen LogP contribution in [0.3, 0.4) is 0 Å². The minimum atomic E-state index is -0.397. The number of benzene rings is 3. The number of carbonyl (C=O) groups excluding carboxylic acids is 1. The van der Waals surface area contributed by atoms with E-state index in [0.717, 1.165) is 10.0 Å². The van der Waals surface area contributed by atoms with E-state index in [0.29, 0.717) is 23.5 Å². The van der Waals surface area contributed by atoms with Crippen molar-refractivity contribution in [2.75, 3.05) is 0 Å². The molecular formula is C21H17BrN2O3. The third kappa shape index (κ3) is 5.18. The summed E-state index contributed by atoms with van der Waals surface area (Å²) in [5.74, 6) is 0.160. The van der Waals surface area contributed by atoms with Gasteiger partial charge in [0.2, 0.25) is 0 Å². The summed E-state index contributed by atoms with van der Waals surface area (Å²) >= 11 is 3.43. The molecule has 0 saturated carbocycles. The Morgan fingerprint density at radius 3 is 2.67 bits per heavy atom. The third-order valence-electron chi connectivity index (χ3n) is 3.72. The molecule has 0 spiro atoms. The molecule has 0 heterocycles. The predicted octanol–water partition coefficient (Wildman–Crippen LogP) is 4.50. The lowest BCUT2D eigenvalue weighted by Crippen LogP contribution is -2.18. The van der Waals surface area contributed by atoms with E-state index in [-0.39, 0.29) is 5.75 Å². The maximum Gasteiger partial charge on any atom is 0.275 e. The van der Waals surface area contributed by atoms with Crippen molar-refractivity contribution in [3.63, 3.8) is 0 Å². The summed E-state index contributed by atoms with van der Waals surface area (Å²) in [7, 11) is 0. The summed E-state index contributed by atoms with van der Waals surface area (Å²) in [5.41, 5.74) is 4.33. The molecule has 0 bridgehead atoms. The molecule has 0 aliphatic carbocycles. The van der Waals surface area contributed by atoms with Crippen LogP contribution >= 0.6 is 15.9 Å². The number of nitrogens with one attached hydrogen (secondary N) is 1. The fourth-order valence-electron chi connectivity index (χ4n) is 2.39. The molecule has 0 atom stereocenters. The Bertz CT molecular complexity index is 973. The number of rotatable bonds is 6. The molecule has 2 N–H and O–H groups in total. The van der Waals surface area contributed by atoms with Crippen molar-refractivity contribution in [1.82, 2.24) is 5.43 Å². The molecule has 6 heteroatoms. The van der Waals surface area contributed by atoms with E-state index in [2.05, 4.69) is 26.5 Å². The van der Waals surface area contributed by atoms with Gasteiger partial charge in [-0.2, -0.15) is 5.10 Å². The zero-order valence-corrected chi connectivity index (χ0v) is 15.9. The van der Waals surface area contributed by atoms with E-state index in [4.69, 9.17) is 4.74 Å². The lowest BCUT2D eigenvalue weighted by atomic mass is 10.2. The number of hydrazone groups is 1. The molecule has 1 amide bonds. The Kier molecular flexibility index (Phi) is 6.22. The van der Waals surface area contributed by atoms with Crippen molar-refractivity contribution in [2.24, 2.45) is 5.10 Å². The van der Waals surface area contributed by atoms with Gasteiger partial charge in [-0.25, -0.2) is 5.43 Å². The van der Waals surface area contributed by atoms with Crippen molar-refractivity contribution in [1.29, 1.82) is 0 Å². The van der Waals surface area contributed by atoms with Gasteiger partial charge in [0.05, 0.1) is 11.8 Å². The van der Waals surface area contributed by atoms with Gasteiger partial charge in [-0.1, -0.05) is 52.3 Å². The van der Waals surface area contributed by atoms with Crippen LogP contribution in [0.15, 0.2) is 82.4 Å². The van der Waals surface area contributed by atoms with Crippen LogP contribution < -0.4 is 10.2 Å². The number of phenols is 1. The molecule has 0 aliphatic rings. The standard InChI is InChI=1S/C21H17BrN2O3/c22-17-8-5-6-15(12-17)14-27-20-11-4-2-9-18(20)21(26)24-23-13-16-7-1-3-10-19(16)25/h1-13,25H,14H2,(H,24,26)/b23-13-. The smallest absolute Gasteiger partial charge is 0.275 e. The minimum Gasteiger partial charge on any atom is -0.507 e. The number of halogens is 1. The van der Waals surface area contributed by atoms with Gasteiger partial charge < -0.3 is 9.84 Å². The molecule has 3 aromatic carbocycles. The van der Waals surface area contributed by atoms with Gasteiger partial charge in [0.1, 0.15) is 18.1 Å². The lowest BCUT2D eigenvalue weighted by Gasteiger charge is -2.10. The van der Waals surface area contributed by atoms with Crippen LogP contribution in [0, 0.1) is 0 Å². The number of ether oxygens (including phenoxy) is 1. The summed E-state index contributed by atoms with van der Waals surface area (Å²) in [5, 5.41) is 13.6. The summed E-state index contributed by atoms with van der Waals surface area (Å²) in [6.07, 6.45) is 1.39. The molecule has 0 aromatic heterocycles. The maximum absolute atomic E-state index is 12.4. The first-order chi connectivity index (χ1) is 13.1.